The standard InChI is InChI=1S/C19H24O3S/c1-16-9-12-19(13-10-16)23(20,21)22-15-14-17(2)8-11-18-6-4-3-5-7-18/h3-7,9-10,12-13,17H,8,11,14-15H2,1-2H3. The van der Waals surface area contributed by atoms with Crippen molar-refractivity contribution in [3.63, 3.8) is 0 Å². The third-order valence-electron chi connectivity index (χ3n) is 3.93. The van der Waals surface area contributed by atoms with Gasteiger partial charge in [-0.15, -0.1) is 0 Å². The Morgan fingerprint density at radius 1 is 0.957 bits per heavy atom. The summed E-state index contributed by atoms with van der Waals surface area (Å²) in [6.45, 7) is 4.28. The molecule has 0 heterocycles. The van der Waals surface area contributed by atoms with Gasteiger partial charge in [-0.2, -0.15) is 8.42 Å². The van der Waals surface area contributed by atoms with Crippen LogP contribution in [-0.4, -0.2) is 15.0 Å². The second-order valence-electron chi connectivity index (χ2n) is 6.01. The van der Waals surface area contributed by atoms with Gasteiger partial charge in [0, 0.05) is 0 Å². The molecule has 124 valence electrons. The molecule has 23 heavy (non-hydrogen) atoms. The van der Waals surface area contributed by atoms with E-state index < -0.39 is 10.1 Å². The molecule has 0 aromatic heterocycles. The fraction of sp³-hybridized carbons (Fsp3) is 0.368. The van der Waals surface area contributed by atoms with Crippen molar-refractivity contribution in [1.29, 1.82) is 0 Å². The van der Waals surface area contributed by atoms with Crippen LogP contribution >= 0.6 is 0 Å². The average Bonchev–Trinajstić information content (AvgIpc) is 2.54. The molecule has 1 unspecified atom stereocenters. The molecule has 0 N–H and O–H groups in total. The van der Waals surface area contributed by atoms with Crippen molar-refractivity contribution < 1.29 is 12.6 Å². The quantitative estimate of drug-likeness (QED) is 0.675. The maximum Gasteiger partial charge on any atom is 0.296 e. The molecular formula is C19H24O3S. The second kappa shape index (κ2) is 8.27. The van der Waals surface area contributed by atoms with Crippen LogP contribution in [0.25, 0.3) is 0 Å². The Labute approximate surface area is 139 Å². The Bertz CT molecular complexity index is 691. The SMILES string of the molecule is Cc1ccc(S(=O)(=O)OCCC(C)CCc2ccccc2)cc1. The molecule has 0 saturated carbocycles. The van der Waals surface area contributed by atoms with E-state index in [0.717, 1.165) is 24.8 Å². The lowest BCUT2D eigenvalue weighted by molar-refractivity contribution is 0.283. The molecule has 3 nitrogen and oxygen atoms in total. The molecule has 4 heteroatoms. The van der Waals surface area contributed by atoms with Crippen LogP contribution in [0.4, 0.5) is 0 Å². The van der Waals surface area contributed by atoms with Crippen molar-refractivity contribution in [2.45, 2.75) is 38.0 Å². The summed E-state index contributed by atoms with van der Waals surface area (Å²) in [6.07, 6.45) is 2.77. The van der Waals surface area contributed by atoms with Gasteiger partial charge in [0.15, 0.2) is 0 Å². The van der Waals surface area contributed by atoms with Crippen molar-refractivity contribution in [3.8, 4) is 0 Å². The maximum absolute atomic E-state index is 12.1. The van der Waals surface area contributed by atoms with E-state index in [0.29, 0.717) is 5.92 Å². The van der Waals surface area contributed by atoms with Crippen LogP contribution < -0.4 is 0 Å². The molecular weight excluding hydrogens is 308 g/mol. The Morgan fingerprint density at radius 2 is 1.61 bits per heavy atom. The Morgan fingerprint density at radius 3 is 2.26 bits per heavy atom. The minimum Gasteiger partial charge on any atom is -0.266 e. The zero-order valence-electron chi connectivity index (χ0n) is 13.7. The van der Waals surface area contributed by atoms with Gasteiger partial charge in [-0.1, -0.05) is 55.0 Å². The third-order valence-corrected chi connectivity index (χ3v) is 5.25. The van der Waals surface area contributed by atoms with Gasteiger partial charge in [-0.05, 0) is 49.8 Å². The number of rotatable bonds is 8. The van der Waals surface area contributed by atoms with Gasteiger partial charge < -0.3 is 0 Å². The summed E-state index contributed by atoms with van der Waals surface area (Å²) in [5.74, 6) is 0.420. The monoisotopic (exact) mass is 332 g/mol. The van der Waals surface area contributed by atoms with Crippen LogP contribution in [0.2, 0.25) is 0 Å². The molecule has 0 aliphatic rings. The molecule has 0 saturated heterocycles. The first-order chi connectivity index (χ1) is 11.0. The van der Waals surface area contributed by atoms with E-state index in [1.165, 1.54) is 5.56 Å². The molecule has 0 bridgehead atoms. The first kappa shape index (κ1) is 17.7. The van der Waals surface area contributed by atoms with E-state index in [1.54, 1.807) is 24.3 Å². The van der Waals surface area contributed by atoms with Gasteiger partial charge in [0.1, 0.15) is 0 Å². The highest BCUT2D eigenvalue weighted by Crippen LogP contribution is 2.16. The predicted octanol–water partition coefficient (Wildman–Crippen LogP) is 4.36. The lowest BCUT2D eigenvalue weighted by Crippen LogP contribution is -2.10. The molecule has 0 aliphatic heterocycles. The Kier molecular flexibility index (Phi) is 6.37. The van der Waals surface area contributed by atoms with Crippen LogP contribution in [0.1, 0.15) is 30.9 Å². The molecule has 0 radical (unpaired) electrons. The van der Waals surface area contributed by atoms with Crippen LogP contribution in [0.5, 0.6) is 0 Å². The Balaban J connectivity index is 1.76. The second-order valence-corrected chi connectivity index (χ2v) is 7.62. The van der Waals surface area contributed by atoms with Gasteiger partial charge >= 0.3 is 0 Å². The van der Waals surface area contributed by atoms with Crippen molar-refractivity contribution in [1.82, 2.24) is 0 Å². The Hall–Kier alpha value is -1.65. The summed E-state index contributed by atoms with van der Waals surface area (Å²) in [7, 11) is -3.64. The summed E-state index contributed by atoms with van der Waals surface area (Å²) in [4.78, 5) is 0.222. The summed E-state index contributed by atoms with van der Waals surface area (Å²) in [5.41, 5.74) is 2.34. The average molecular weight is 332 g/mol. The molecule has 0 spiro atoms. The molecule has 2 aromatic carbocycles. The highest BCUT2D eigenvalue weighted by Gasteiger charge is 2.15. The molecule has 0 amide bonds. The van der Waals surface area contributed by atoms with E-state index in [1.807, 2.05) is 25.1 Å². The van der Waals surface area contributed by atoms with Gasteiger partial charge in [0.2, 0.25) is 0 Å². The molecule has 2 rings (SSSR count). The predicted molar refractivity (Wildman–Crippen MR) is 92.9 cm³/mol. The highest BCUT2D eigenvalue weighted by molar-refractivity contribution is 7.86. The van der Waals surface area contributed by atoms with Crippen LogP contribution in [-0.2, 0) is 20.7 Å². The minimum atomic E-state index is -3.64. The van der Waals surface area contributed by atoms with Crippen LogP contribution in [0.3, 0.4) is 0 Å². The molecule has 0 aliphatic carbocycles. The van der Waals surface area contributed by atoms with Gasteiger partial charge in [-0.3, -0.25) is 4.18 Å². The van der Waals surface area contributed by atoms with Gasteiger partial charge in [0.05, 0.1) is 11.5 Å². The molecule has 2 aromatic rings. The van der Waals surface area contributed by atoms with Gasteiger partial charge in [0.25, 0.3) is 10.1 Å². The maximum atomic E-state index is 12.1. The largest absolute Gasteiger partial charge is 0.296 e. The molecule has 0 fully saturated rings. The minimum absolute atomic E-state index is 0.222. The summed E-state index contributed by atoms with van der Waals surface area (Å²) in [5, 5.41) is 0. The smallest absolute Gasteiger partial charge is 0.266 e. The number of hydrogen-bond donors (Lipinski definition) is 0. The van der Waals surface area contributed by atoms with Crippen molar-refractivity contribution in [3.05, 3.63) is 65.7 Å². The normalized spacial score (nSPS) is 13.0. The van der Waals surface area contributed by atoms with E-state index in [-0.39, 0.29) is 11.5 Å². The van der Waals surface area contributed by atoms with Crippen LogP contribution in [0.15, 0.2) is 59.5 Å². The van der Waals surface area contributed by atoms with Gasteiger partial charge in [-0.25, -0.2) is 0 Å². The zero-order valence-corrected chi connectivity index (χ0v) is 14.6. The van der Waals surface area contributed by atoms with Crippen molar-refractivity contribution in [2.24, 2.45) is 5.92 Å². The highest BCUT2D eigenvalue weighted by atomic mass is 32.2. The van der Waals surface area contributed by atoms with E-state index in [9.17, 15) is 8.42 Å². The zero-order chi connectivity index (χ0) is 16.7. The number of benzene rings is 2. The molecule has 1 atom stereocenters. The number of aryl methyl sites for hydroxylation is 2. The summed E-state index contributed by atoms with van der Waals surface area (Å²) in [6, 6.07) is 17.0. The lowest BCUT2D eigenvalue weighted by atomic mass is 9.99. The third kappa shape index (κ3) is 5.81. The van der Waals surface area contributed by atoms with E-state index in [2.05, 4.69) is 19.1 Å². The fourth-order valence-corrected chi connectivity index (χ4v) is 3.26. The first-order valence-electron chi connectivity index (χ1n) is 7.97. The fourth-order valence-electron chi connectivity index (χ4n) is 2.33. The van der Waals surface area contributed by atoms with E-state index >= 15 is 0 Å². The first-order valence-corrected chi connectivity index (χ1v) is 9.38. The number of hydrogen-bond acceptors (Lipinski definition) is 3. The van der Waals surface area contributed by atoms with Crippen molar-refractivity contribution in [2.75, 3.05) is 6.61 Å². The van der Waals surface area contributed by atoms with Crippen LogP contribution in [0, 0.1) is 12.8 Å². The summed E-state index contributed by atoms with van der Waals surface area (Å²) >= 11 is 0. The van der Waals surface area contributed by atoms with E-state index in [4.69, 9.17) is 4.18 Å². The van der Waals surface area contributed by atoms with Crippen molar-refractivity contribution >= 4 is 10.1 Å². The lowest BCUT2D eigenvalue weighted by Gasteiger charge is -2.12. The summed E-state index contributed by atoms with van der Waals surface area (Å²) < 4.78 is 29.3. The topological polar surface area (TPSA) is 43.4 Å².